The zero-order valence-electron chi connectivity index (χ0n) is 16.7. The average Bonchev–Trinajstić information content (AvgIpc) is 3.11. The summed E-state index contributed by atoms with van der Waals surface area (Å²) in [6.07, 6.45) is -1.43. The number of nitrogens with one attached hydrogen (secondary N) is 2. The number of guanidine groups is 1. The van der Waals surface area contributed by atoms with Gasteiger partial charge in [-0.3, -0.25) is 4.99 Å². The van der Waals surface area contributed by atoms with Crippen LogP contribution in [0, 0.1) is 0 Å². The van der Waals surface area contributed by atoms with Gasteiger partial charge in [-0.15, -0.1) is 0 Å². The van der Waals surface area contributed by atoms with Crippen molar-refractivity contribution in [3.63, 3.8) is 0 Å². The second-order valence-corrected chi connectivity index (χ2v) is 6.74. The van der Waals surface area contributed by atoms with E-state index >= 15 is 0 Å². The van der Waals surface area contributed by atoms with Gasteiger partial charge < -0.3 is 20.1 Å². The summed E-state index contributed by atoms with van der Waals surface area (Å²) in [5, 5.41) is 10.8. The van der Waals surface area contributed by atoms with Crippen LogP contribution < -0.4 is 15.4 Å². The van der Waals surface area contributed by atoms with Gasteiger partial charge in [0.15, 0.2) is 18.4 Å². The lowest BCUT2D eigenvalue weighted by molar-refractivity contribution is -0.154. The topological polar surface area (TPSA) is 98.5 Å². The number of aliphatic imine (C=N–C) groups is 1. The summed E-state index contributed by atoms with van der Waals surface area (Å²) < 4.78 is 49.0. The summed E-state index contributed by atoms with van der Waals surface area (Å²) in [5.74, 6) is 2.03. The molecule has 3 rings (SSSR count). The van der Waals surface area contributed by atoms with Gasteiger partial charge in [-0.05, 0) is 12.5 Å². The number of halogens is 3. The summed E-state index contributed by atoms with van der Waals surface area (Å²) >= 11 is 0. The van der Waals surface area contributed by atoms with Crippen LogP contribution in [-0.2, 0) is 30.9 Å². The lowest BCUT2D eigenvalue weighted by Crippen LogP contribution is -2.46. The van der Waals surface area contributed by atoms with E-state index in [4.69, 9.17) is 9.47 Å². The van der Waals surface area contributed by atoms with Crippen LogP contribution in [0.3, 0.4) is 0 Å². The molecule has 1 aliphatic rings. The Morgan fingerprint density at radius 2 is 2.23 bits per heavy atom. The Morgan fingerprint density at radius 3 is 2.97 bits per heavy atom. The summed E-state index contributed by atoms with van der Waals surface area (Å²) in [6.45, 7) is -0.192. The molecule has 1 unspecified atom stereocenters. The summed E-state index contributed by atoms with van der Waals surface area (Å²) in [7, 11) is 3.22. The number of hydrogen-bond donors (Lipinski definition) is 2. The van der Waals surface area contributed by atoms with E-state index in [1.54, 1.807) is 26.3 Å². The van der Waals surface area contributed by atoms with Gasteiger partial charge in [-0.1, -0.05) is 6.07 Å². The van der Waals surface area contributed by atoms with E-state index in [0.717, 1.165) is 18.7 Å². The Bertz CT molecular complexity index is 870. The van der Waals surface area contributed by atoms with E-state index in [-0.39, 0.29) is 18.5 Å². The highest BCUT2D eigenvalue weighted by Crippen LogP contribution is 2.20. The van der Waals surface area contributed by atoms with Gasteiger partial charge in [-0.25, -0.2) is 14.6 Å². The van der Waals surface area contributed by atoms with E-state index in [1.165, 1.54) is 6.20 Å². The molecule has 9 nitrogen and oxygen atoms in total. The van der Waals surface area contributed by atoms with E-state index in [0.29, 0.717) is 30.5 Å². The molecule has 3 heterocycles. The molecule has 1 atom stereocenters. The van der Waals surface area contributed by atoms with Crippen molar-refractivity contribution in [1.82, 2.24) is 30.4 Å². The highest BCUT2D eigenvalue weighted by Gasteiger charge is 2.29. The average molecular weight is 427 g/mol. The van der Waals surface area contributed by atoms with Crippen LogP contribution in [0.2, 0.25) is 0 Å². The van der Waals surface area contributed by atoms with Crippen LogP contribution in [-0.4, -0.2) is 58.7 Å². The molecular weight excluding hydrogens is 403 g/mol. The molecule has 0 saturated carbocycles. The number of alkyl halides is 3. The summed E-state index contributed by atoms with van der Waals surface area (Å²) in [5.41, 5.74) is 0.496. The van der Waals surface area contributed by atoms with E-state index in [2.05, 4.69) is 30.7 Å². The Morgan fingerprint density at radius 1 is 1.40 bits per heavy atom. The minimum absolute atomic E-state index is 0.0617. The van der Waals surface area contributed by atoms with E-state index in [9.17, 15) is 13.2 Å². The van der Waals surface area contributed by atoms with Crippen molar-refractivity contribution in [2.75, 3.05) is 20.8 Å². The first-order valence-electron chi connectivity index (χ1n) is 9.40. The molecule has 164 valence electrons. The second-order valence-electron chi connectivity index (χ2n) is 6.74. The Kier molecular flexibility index (Phi) is 7.08. The molecule has 0 aromatic carbocycles. The predicted molar refractivity (Wildman–Crippen MR) is 102 cm³/mol. The number of aryl methyl sites for hydroxylation is 1. The number of fused-ring (bicyclic) bond motifs is 1. The van der Waals surface area contributed by atoms with Gasteiger partial charge in [0.25, 0.3) is 0 Å². The minimum Gasteiger partial charge on any atom is -0.468 e. The van der Waals surface area contributed by atoms with Gasteiger partial charge in [-0.2, -0.15) is 18.3 Å². The number of pyridine rings is 1. The maximum Gasteiger partial charge on any atom is 0.422 e. The van der Waals surface area contributed by atoms with Crippen molar-refractivity contribution in [3.05, 3.63) is 35.5 Å². The van der Waals surface area contributed by atoms with Gasteiger partial charge >= 0.3 is 6.18 Å². The highest BCUT2D eigenvalue weighted by molar-refractivity contribution is 5.80. The fourth-order valence-corrected chi connectivity index (χ4v) is 3.07. The number of hydrogen-bond acceptors (Lipinski definition) is 6. The number of ether oxygens (including phenoxy) is 2. The largest absolute Gasteiger partial charge is 0.468 e. The van der Waals surface area contributed by atoms with Crippen LogP contribution in [0.4, 0.5) is 13.2 Å². The van der Waals surface area contributed by atoms with Gasteiger partial charge in [0.05, 0.1) is 6.54 Å². The maximum atomic E-state index is 12.4. The standard InChI is InChI=1S/C18H24F3N7O2/c1-22-17(24-8-12-4-3-7-23-16(12)30-11-18(19,20)21)25-13-5-6-15-26-14(10-29-2)27-28(15)9-13/h3-4,7,13H,5-6,8-11H2,1-2H3,(H2,22,24,25). The van der Waals surface area contributed by atoms with Crippen LogP contribution in [0.5, 0.6) is 5.88 Å². The zero-order chi connectivity index (χ0) is 21.6. The van der Waals surface area contributed by atoms with Crippen LogP contribution in [0.25, 0.3) is 0 Å². The number of rotatable bonds is 7. The molecule has 0 bridgehead atoms. The minimum atomic E-state index is -4.43. The van der Waals surface area contributed by atoms with Crippen molar-refractivity contribution < 1.29 is 22.6 Å². The van der Waals surface area contributed by atoms with E-state index < -0.39 is 12.8 Å². The number of methoxy groups -OCH3 is 1. The van der Waals surface area contributed by atoms with Crippen molar-refractivity contribution >= 4 is 5.96 Å². The van der Waals surface area contributed by atoms with Crippen LogP contribution in [0.15, 0.2) is 23.3 Å². The molecule has 0 spiro atoms. The lowest BCUT2D eigenvalue weighted by Gasteiger charge is -2.25. The molecule has 0 aliphatic carbocycles. The first-order chi connectivity index (χ1) is 14.4. The Balaban J connectivity index is 1.56. The molecule has 1 aliphatic heterocycles. The maximum absolute atomic E-state index is 12.4. The molecule has 12 heteroatoms. The van der Waals surface area contributed by atoms with Gasteiger partial charge in [0.1, 0.15) is 12.4 Å². The third-order valence-corrected chi connectivity index (χ3v) is 4.41. The van der Waals surface area contributed by atoms with Crippen LogP contribution in [0.1, 0.15) is 23.6 Å². The highest BCUT2D eigenvalue weighted by atomic mass is 19.4. The monoisotopic (exact) mass is 427 g/mol. The fraction of sp³-hybridized carbons (Fsp3) is 0.556. The van der Waals surface area contributed by atoms with Gasteiger partial charge in [0, 0.05) is 44.9 Å². The first-order valence-corrected chi connectivity index (χ1v) is 9.40. The molecule has 0 amide bonds. The molecule has 30 heavy (non-hydrogen) atoms. The van der Waals surface area contributed by atoms with E-state index in [1.807, 2.05) is 4.68 Å². The first kappa shape index (κ1) is 21.8. The fourth-order valence-electron chi connectivity index (χ4n) is 3.07. The Hall–Kier alpha value is -2.89. The second kappa shape index (κ2) is 9.74. The van der Waals surface area contributed by atoms with Crippen molar-refractivity contribution in [3.8, 4) is 5.88 Å². The normalized spacial score (nSPS) is 16.8. The number of nitrogens with zero attached hydrogens (tertiary/aromatic N) is 5. The van der Waals surface area contributed by atoms with Crippen molar-refractivity contribution in [2.24, 2.45) is 4.99 Å². The van der Waals surface area contributed by atoms with Crippen LogP contribution >= 0.6 is 0 Å². The Labute approximate surface area is 171 Å². The lowest BCUT2D eigenvalue weighted by atomic mass is 10.1. The summed E-state index contributed by atoms with van der Waals surface area (Å²) in [4.78, 5) is 12.5. The smallest absolute Gasteiger partial charge is 0.422 e. The van der Waals surface area contributed by atoms with Gasteiger partial charge in [0.2, 0.25) is 5.88 Å². The third kappa shape index (κ3) is 6.05. The quantitative estimate of drug-likeness (QED) is 0.510. The molecule has 2 aromatic heterocycles. The summed E-state index contributed by atoms with van der Waals surface area (Å²) in [6, 6.07) is 3.37. The molecular formula is C18H24F3N7O2. The molecule has 0 fully saturated rings. The SMILES string of the molecule is CN=C(NCc1cccnc1OCC(F)(F)F)NC1CCc2nc(COC)nn2C1. The third-order valence-electron chi connectivity index (χ3n) is 4.41. The molecule has 0 saturated heterocycles. The van der Waals surface area contributed by atoms with Crippen molar-refractivity contribution in [1.29, 1.82) is 0 Å². The predicted octanol–water partition coefficient (Wildman–Crippen LogP) is 1.44. The molecule has 0 radical (unpaired) electrons. The van der Waals surface area contributed by atoms with Crippen molar-refractivity contribution in [2.45, 2.75) is 44.8 Å². The number of aromatic nitrogens is 4. The zero-order valence-corrected chi connectivity index (χ0v) is 16.7. The molecule has 2 N–H and O–H groups in total. The molecule has 2 aromatic rings.